The Morgan fingerprint density at radius 3 is 2.35 bits per heavy atom. The number of hydrogen-bond donors (Lipinski definition) is 1. The van der Waals surface area contributed by atoms with Crippen LogP contribution in [-0.2, 0) is 16.2 Å². The molecule has 0 aliphatic rings. The minimum Gasteiger partial charge on any atom is -0.464 e. The number of sulfonamides is 1. The van der Waals surface area contributed by atoms with Crippen LogP contribution >= 0.6 is 0 Å². The molecule has 0 amide bonds. The molecule has 0 aliphatic carbocycles. The van der Waals surface area contributed by atoms with E-state index >= 15 is 0 Å². The van der Waals surface area contributed by atoms with Crippen LogP contribution in [0.4, 0.5) is 13.2 Å². The Bertz CT molecular complexity index is 1310. The lowest BCUT2D eigenvalue weighted by atomic mass is 10.0. The average molecular weight is 447 g/mol. The van der Waals surface area contributed by atoms with Gasteiger partial charge in [0.15, 0.2) is 5.69 Å². The van der Waals surface area contributed by atoms with Gasteiger partial charge in [-0.05, 0) is 48.9 Å². The maximum absolute atomic E-state index is 13.3. The molecule has 0 saturated carbocycles. The lowest BCUT2D eigenvalue weighted by Gasteiger charge is -2.12. The van der Waals surface area contributed by atoms with Crippen molar-refractivity contribution in [3.63, 3.8) is 0 Å². The predicted octanol–water partition coefficient (Wildman–Crippen LogP) is 5.07. The van der Waals surface area contributed by atoms with Crippen molar-refractivity contribution in [2.24, 2.45) is 0 Å². The molecule has 2 aromatic carbocycles. The number of benzene rings is 2. The molecular formula is C21H16F3N3O3S. The van der Waals surface area contributed by atoms with E-state index in [2.05, 4.69) is 9.93 Å². The first kappa shape index (κ1) is 20.7. The molecule has 1 N–H and O–H groups in total. The van der Waals surface area contributed by atoms with E-state index in [1.165, 1.54) is 30.5 Å². The fraction of sp³-hybridized carbons (Fsp3) is 0.0952. The van der Waals surface area contributed by atoms with Crippen LogP contribution in [0.2, 0.25) is 0 Å². The maximum Gasteiger partial charge on any atom is 0.435 e. The van der Waals surface area contributed by atoms with Gasteiger partial charge in [0.05, 0.1) is 16.9 Å². The smallest absolute Gasteiger partial charge is 0.435 e. The Labute approximate surface area is 176 Å². The third kappa shape index (κ3) is 4.19. The van der Waals surface area contributed by atoms with Crippen LogP contribution in [0.5, 0.6) is 0 Å². The fourth-order valence-electron chi connectivity index (χ4n) is 3.09. The van der Waals surface area contributed by atoms with Gasteiger partial charge in [0.25, 0.3) is 10.0 Å². The maximum atomic E-state index is 13.3. The number of nitrogens with one attached hydrogen (secondary N) is 1. The summed E-state index contributed by atoms with van der Waals surface area (Å²) in [5.41, 5.74) is 0.582. The number of nitrogens with zero attached hydrogens (tertiary/aromatic N) is 2. The fourth-order valence-corrected chi connectivity index (χ4v) is 4.08. The van der Waals surface area contributed by atoms with Gasteiger partial charge in [-0.3, -0.25) is 0 Å². The Balaban J connectivity index is 1.79. The average Bonchev–Trinajstić information content (AvgIpc) is 3.38. The molecule has 160 valence electrons. The largest absolute Gasteiger partial charge is 0.464 e. The van der Waals surface area contributed by atoms with E-state index in [1.807, 2.05) is 0 Å². The van der Waals surface area contributed by atoms with Gasteiger partial charge in [0, 0.05) is 11.1 Å². The van der Waals surface area contributed by atoms with Gasteiger partial charge in [-0.15, -0.1) is 5.10 Å². The van der Waals surface area contributed by atoms with Crippen molar-refractivity contribution in [1.29, 1.82) is 0 Å². The molecule has 2 aromatic heterocycles. The van der Waals surface area contributed by atoms with Crippen LogP contribution in [0.15, 0.2) is 82.3 Å². The zero-order chi connectivity index (χ0) is 22.2. The van der Waals surface area contributed by atoms with Gasteiger partial charge >= 0.3 is 6.18 Å². The van der Waals surface area contributed by atoms with E-state index in [-0.39, 0.29) is 10.6 Å². The van der Waals surface area contributed by atoms with Gasteiger partial charge < -0.3 is 4.42 Å². The van der Waals surface area contributed by atoms with Crippen molar-refractivity contribution in [2.45, 2.75) is 18.0 Å². The van der Waals surface area contributed by atoms with Crippen LogP contribution in [0, 0.1) is 6.92 Å². The van der Waals surface area contributed by atoms with Crippen molar-refractivity contribution in [2.75, 3.05) is 4.83 Å². The molecule has 0 spiro atoms. The SMILES string of the molecule is Cc1cc(-c2cc(C(F)(F)F)nn2NS(=O)(=O)c2ccccc2)ccc1-c1ccco1. The van der Waals surface area contributed by atoms with Crippen molar-refractivity contribution in [3.05, 3.63) is 84.3 Å². The quantitative estimate of drug-likeness (QED) is 0.463. The van der Waals surface area contributed by atoms with E-state index in [0.717, 1.165) is 17.2 Å². The van der Waals surface area contributed by atoms with Crippen molar-refractivity contribution in [1.82, 2.24) is 9.89 Å². The van der Waals surface area contributed by atoms with E-state index < -0.39 is 21.9 Å². The van der Waals surface area contributed by atoms with Crippen LogP contribution in [-0.4, -0.2) is 18.3 Å². The molecule has 31 heavy (non-hydrogen) atoms. The number of halogens is 3. The zero-order valence-corrected chi connectivity index (χ0v) is 16.9. The third-order valence-corrected chi connectivity index (χ3v) is 5.87. The van der Waals surface area contributed by atoms with Crippen molar-refractivity contribution < 1.29 is 26.0 Å². The highest BCUT2D eigenvalue weighted by atomic mass is 32.2. The molecule has 6 nitrogen and oxygen atoms in total. The highest BCUT2D eigenvalue weighted by molar-refractivity contribution is 7.92. The standard InChI is InChI=1S/C21H16F3N3O3S/c1-14-12-15(9-10-17(14)19-8-5-11-30-19)18-13-20(21(22,23)24)25-27(18)26-31(28,29)16-6-3-2-4-7-16/h2-13,26H,1H3. The van der Waals surface area contributed by atoms with Gasteiger partial charge in [-0.25, -0.2) is 0 Å². The molecule has 0 bridgehead atoms. The van der Waals surface area contributed by atoms with Crippen molar-refractivity contribution in [3.8, 4) is 22.6 Å². The second-order valence-electron chi connectivity index (χ2n) is 6.74. The van der Waals surface area contributed by atoms with Crippen LogP contribution < -0.4 is 4.83 Å². The molecule has 0 unspecified atom stereocenters. The normalized spacial score (nSPS) is 12.1. The number of rotatable bonds is 5. The first-order valence-electron chi connectivity index (χ1n) is 9.05. The number of hydrogen-bond acceptors (Lipinski definition) is 4. The number of furan rings is 1. The third-order valence-electron chi connectivity index (χ3n) is 4.57. The highest BCUT2D eigenvalue weighted by Gasteiger charge is 2.36. The van der Waals surface area contributed by atoms with Crippen LogP contribution in [0.1, 0.15) is 11.3 Å². The Hall–Kier alpha value is -3.53. The summed E-state index contributed by atoms with van der Waals surface area (Å²) in [5.74, 6) is 0.610. The molecule has 0 atom stereocenters. The van der Waals surface area contributed by atoms with Crippen LogP contribution in [0.25, 0.3) is 22.6 Å². The molecular weight excluding hydrogens is 431 g/mol. The summed E-state index contributed by atoms with van der Waals surface area (Å²) in [6, 6.07) is 16.5. The molecule has 10 heteroatoms. The van der Waals surface area contributed by atoms with Gasteiger partial charge in [0.1, 0.15) is 5.76 Å². The summed E-state index contributed by atoms with van der Waals surface area (Å²) >= 11 is 0. The Morgan fingerprint density at radius 1 is 1.00 bits per heavy atom. The molecule has 4 rings (SSSR count). The van der Waals surface area contributed by atoms with Gasteiger partial charge in [-0.1, -0.05) is 30.3 Å². The molecule has 2 heterocycles. The minimum absolute atomic E-state index is 0.0547. The van der Waals surface area contributed by atoms with Crippen molar-refractivity contribution >= 4 is 10.0 Å². The molecule has 4 aromatic rings. The summed E-state index contributed by atoms with van der Waals surface area (Å²) in [5, 5.41) is 3.45. The summed E-state index contributed by atoms with van der Waals surface area (Å²) in [4.78, 5) is 2.64. The summed E-state index contributed by atoms with van der Waals surface area (Å²) in [6.45, 7) is 1.78. The molecule has 0 radical (unpaired) electrons. The Morgan fingerprint density at radius 2 is 1.74 bits per heavy atom. The van der Waals surface area contributed by atoms with Gasteiger partial charge in [-0.2, -0.15) is 31.2 Å². The zero-order valence-electron chi connectivity index (χ0n) is 16.1. The second kappa shape index (κ2) is 7.62. The second-order valence-corrected chi connectivity index (χ2v) is 8.40. The number of aromatic nitrogens is 2. The first-order valence-corrected chi connectivity index (χ1v) is 10.5. The molecule has 0 aliphatic heterocycles. The highest BCUT2D eigenvalue weighted by Crippen LogP contribution is 2.33. The minimum atomic E-state index is -4.75. The molecule has 0 saturated heterocycles. The lowest BCUT2D eigenvalue weighted by Crippen LogP contribution is -2.25. The van der Waals surface area contributed by atoms with E-state index in [1.54, 1.807) is 43.3 Å². The Kier molecular flexibility index (Phi) is 5.10. The van der Waals surface area contributed by atoms with E-state index in [0.29, 0.717) is 16.1 Å². The van der Waals surface area contributed by atoms with E-state index in [9.17, 15) is 21.6 Å². The summed E-state index contributed by atoms with van der Waals surface area (Å²) in [7, 11) is -4.16. The van der Waals surface area contributed by atoms with Crippen LogP contribution in [0.3, 0.4) is 0 Å². The summed E-state index contributed by atoms with van der Waals surface area (Å²) < 4.78 is 70.6. The van der Waals surface area contributed by atoms with Gasteiger partial charge in [0.2, 0.25) is 0 Å². The molecule has 0 fully saturated rings. The lowest BCUT2D eigenvalue weighted by molar-refractivity contribution is -0.141. The monoisotopic (exact) mass is 447 g/mol. The predicted molar refractivity (Wildman–Crippen MR) is 108 cm³/mol. The number of aryl methyl sites for hydroxylation is 1. The topological polar surface area (TPSA) is 77.1 Å². The first-order chi connectivity index (χ1) is 14.6. The summed E-state index contributed by atoms with van der Waals surface area (Å²) in [6.07, 6.45) is -3.23. The number of alkyl halides is 3. The van der Waals surface area contributed by atoms with E-state index in [4.69, 9.17) is 4.42 Å².